The molecule has 0 fully saturated rings. The number of aryl methyl sites for hydroxylation is 1. The molecule has 0 spiro atoms. The molecule has 0 bridgehead atoms. The number of hydrogen-bond donors (Lipinski definition) is 2. The Morgan fingerprint density at radius 2 is 2.24 bits per heavy atom. The van der Waals surface area contributed by atoms with Crippen LogP contribution in [-0.2, 0) is 11.3 Å². The average molecular weight is 303 g/mol. The Morgan fingerprint density at radius 1 is 1.65 bits per heavy atom. The van der Waals surface area contributed by atoms with E-state index in [1.807, 2.05) is 0 Å². The third kappa shape index (κ3) is 2.92. The highest BCUT2D eigenvalue weighted by Crippen LogP contribution is 2.18. The van der Waals surface area contributed by atoms with E-state index in [1.54, 1.807) is 20.8 Å². The molecule has 1 aromatic rings. The quantitative estimate of drug-likeness (QED) is 0.478. The number of carbonyl (C=O) groups excluding carboxylic acids is 1. The van der Waals surface area contributed by atoms with Gasteiger partial charge in [0.05, 0.1) is 5.41 Å². The number of aromatic nitrogens is 2. The van der Waals surface area contributed by atoms with Crippen molar-refractivity contribution in [2.75, 3.05) is 0 Å². The lowest BCUT2D eigenvalue weighted by Gasteiger charge is -2.24. The predicted octanol–water partition coefficient (Wildman–Crippen LogP) is 0.330. The van der Waals surface area contributed by atoms with Crippen molar-refractivity contribution >= 4 is 21.8 Å². The lowest BCUT2D eigenvalue weighted by molar-refractivity contribution is -0.130. The van der Waals surface area contributed by atoms with E-state index in [2.05, 4.69) is 26.3 Å². The van der Waals surface area contributed by atoms with Gasteiger partial charge in [-0.15, -0.1) is 0 Å². The van der Waals surface area contributed by atoms with E-state index in [0.29, 0.717) is 10.3 Å². The Balaban J connectivity index is 3.16. The molecule has 0 saturated carbocycles. The van der Waals surface area contributed by atoms with Crippen LogP contribution in [0.2, 0.25) is 0 Å². The van der Waals surface area contributed by atoms with Gasteiger partial charge in [-0.25, -0.2) is 10.8 Å². The second-order valence-electron chi connectivity index (χ2n) is 4.40. The highest BCUT2D eigenvalue weighted by molar-refractivity contribution is 9.10. The first kappa shape index (κ1) is 13.9. The topological polar surface area (TPSA) is 90.0 Å². The van der Waals surface area contributed by atoms with Crippen LogP contribution in [0.25, 0.3) is 0 Å². The average Bonchev–Trinajstić information content (AvgIpc) is 2.28. The number of hydrazine groups is 1. The lowest BCUT2D eigenvalue weighted by atomic mass is 9.92. The molecule has 0 atom stereocenters. The molecule has 0 radical (unpaired) electrons. The molecule has 0 saturated heterocycles. The molecule has 0 aromatic carbocycles. The van der Waals surface area contributed by atoms with E-state index in [4.69, 9.17) is 5.84 Å². The normalized spacial score (nSPS) is 11.4. The van der Waals surface area contributed by atoms with Gasteiger partial charge in [-0.1, -0.05) is 0 Å². The maximum Gasteiger partial charge on any atom is 0.267 e. The summed E-state index contributed by atoms with van der Waals surface area (Å²) in [6.07, 6.45) is 1.45. The Bertz CT molecular complexity index is 496. The van der Waals surface area contributed by atoms with Gasteiger partial charge in [0.1, 0.15) is 10.3 Å². The molecule has 7 heteroatoms. The number of nitrogens with one attached hydrogen (secondary N) is 1. The fraction of sp³-hybridized carbons (Fsp3) is 0.500. The first-order chi connectivity index (χ1) is 7.79. The predicted molar refractivity (Wildman–Crippen MR) is 67.0 cm³/mol. The van der Waals surface area contributed by atoms with Gasteiger partial charge in [0.2, 0.25) is 5.91 Å². The number of nitrogens with zero attached hydrogens (tertiary/aromatic N) is 2. The number of carbonyl (C=O) groups is 1. The molecule has 0 unspecified atom stereocenters. The summed E-state index contributed by atoms with van der Waals surface area (Å²) >= 11 is 3.12. The van der Waals surface area contributed by atoms with Crippen LogP contribution in [-0.4, -0.2) is 15.5 Å². The van der Waals surface area contributed by atoms with E-state index in [-0.39, 0.29) is 18.0 Å². The van der Waals surface area contributed by atoms with Gasteiger partial charge in [-0.05, 0) is 36.7 Å². The van der Waals surface area contributed by atoms with E-state index < -0.39 is 5.41 Å². The first-order valence-corrected chi connectivity index (χ1v) is 5.82. The summed E-state index contributed by atoms with van der Waals surface area (Å²) in [7, 11) is 0. The maximum atomic E-state index is 11.9. The highest BCUT2D eigenvalue weighted by Gasteiger charge is 2.28. The molecule has 3 N–H and O–H groups in total. The second-order valence-corrected chi connectivity index (χ2v) is 5.26. The van der Waals surface area contributed by atoms with E-state index in [0.717, 1.165) is 0 Å². The fourth-order valence-corrected chi connectivity index (χ4v) is 1.72. The molecule has 17 heavy (non-hydrogen) atoms. The van der Waals surface area contributed by atoms with Crippen molar-refractivity contribution in [3.8, 4) is 0 Å². The molecule has 1 amide bonds. The van der Waals surface area contributed by atoms with Gasteiger partial charge in [0.15, 0.2) is 0 Å². The summed E-state index contributed by atoms with van der Waals surface area (Å²) in [5, 5.41) is 0. The number of hydrogen-bond acceptors (Lipinski definition) is 4. The van der Waals surface area contributed by atoms with E-state index in [1.165, 1.54) is 10.8 Å². The Morgan fingerprint density at radius 3 is 2.76 bits per heavy atom. The number of amides is 1. The van der Waals surface area contributed by atoms with Crippen LogP contribution >= 0.6 is 15.9 Å². The van der Waals surface area contributed by atoms with Crippen molar-refractivity contribution in [3.63, 3.8) is 0 Å². The summed E-state index contributed by atoms with van der Waals surface area (Å²) in [6.45, 7) is 5.35. The molecule has 1 heterocycles. The summed E-state index contributed by atoms with van der Waals surface area (Å²) < 4.78 is 1.81. The van der Waals surface area contributed by atoms with Crippen LogP contribution in [0.15, 0.2) is 15.5 Å². The zero-order chi connectivity index (χ0) is 13.2. The van der Waals surface area contributed by atoms with Crippen molar-refractivity contribution in [1.29, 1.82) is 0 Å². The molecule has 0 aliphatic heterocycles. The molecule has 0 aliphatic rings. The minimum Gasteiger partial charge on any atom is -0.295 e. The van der Waals surface area contributed by atoms with Crippen molar-refractivity contribution in [2.24, 2.45) is 11.3 Å². The van der Waals surface area contributed by atoms with Crippen LogP contribution < -0.4 is 16.8 Å². The van der Waals surface area contributed by atoms with E-state index in [9.17, 15) is 9.59 Å². The Hall–Kier alpha value is -1.21. The third-order valence-corrected chi connectivity index (χ3v) is 3.05. The standard InChI is InChI=1S/C10H15BrN4O2/c1-6-13-4-7(11)8(16)15(6)5-10(2,3)9(17)14-12/h4H,5,12H2,1-3H3,(H,14,17). The molecule has 94 valence electrons. The monoisotopic (exact) mass is 302 g/mol. The molecular formula is C10H15BrN4O2. The van der Waals surface area contributed by atoms with Crippen LogP contribution in [0.4, 0.5) is 0 Å². The van der Waals surface area contributed by atoms with Crippen LogP contribution in [0, 0.1) is 12.3 Å². The van der Waals surface area contributed by atoms with Gasteiger partial charge >= 0.3 is 0 Å². The van der Waals surface area contributed by atoms with Crippen molar-refractivity contribution in [1.82, 2.24) is 15.0 Å². The van der Waals surface area contributed by atoms with Crippen molar-refractivity contribution in [3.05, 3.63) is 26.8 Å². The molecule has 6 nitrogen and oxygen atoms in total. The third-order valence-electron chi connectivity index (χ3n) is 2.50. The largest absolute Gasteiger partial charge is 0.295 e. The lowest BCUT2D eigenvalue weighted by Crippen LogP contribution is -2.45. The van der Waals surface area contributed by atoms with Crippen molar-refractivity contribution in [2.45, 2.75) is 27.3 Å². The zero-order valence-corrected chi connectivity index (χ0v) is 11.5. The second kappa shape index (κ2) is 4.97. The van der Waals surface area contributed by atoms with Crippen LogP contribution in [0.3, 0.4) is 0 Å². The summed E-state index contributed by atoms with van der Waals surface area (Å²) in [5.41, 5.74) is 1.09. The minimum absolute atomic E-state index is 0.213. The first-order valence-electron chi connectivity index (χ1n) is 5.02. The molecule has 0 aliphatic carbocycles. The van der Waals surface area contributed by atoms with Crippen LogP contribution in [0.5, 0.6) is 0 Å². The minimum atomic E-state index is -0.786. The summed E-state index contributed by atoms with van der Waals surface area (Å²) in [5.74, 6) is 5.33. The number of rotatable bonds is 3. The smallest absolute Gasteiger partial charge is 0.267 e. The zero-order valence-electron chi connectivity index (χ0n) is 9.95. The number of nitrogens with two attached hydrogens (primary N) is 1. The molecule has 1 rings (SSSR count). The maximum absolute atomic E-state index is 11.9. The van der Waals surface area contributed by atoms with Gasteiger partial charge in [0.25, 0.3) is 5.56 Å². The molecule has 1 aromatic heterocycles. The van der Waals surface area contributed by atoms with Gasteiger partial charge < -0.3 is 0 Å². The number of halogens is 1. The van der Waals surface area contributed by atoms with Crippen molar-refractivity contribution < 1.29 is 4.79 Å². The summed E-state index contributed by atoms with van der Waals surface area (Å²) in [4.78, 5) is 27.5. The van der Waals surface area contributed by atoms with Crippen LogP contribution in [0.1, 0.15) is 19.7 Å². The van der Waals surface area contributed by atoms with Gasteiger partial charge in [-0.3, -0.25) is 19.6 Å². The Labute approximate surface area is 107 Å². The highest BCUT2D eigenvalue weighted by atomic mass is 79.9. The summed E-state index contributed by atoms with van der Waals surface area (Å²) in [6, 6.07) is 0. The fourth-order valence-electron chi connectivity index (χ4n) is 1.40. The van der Waals surface area contributed by atoms with E-state index >= 15 is 0 Å². The Kier molecular flexibility index (Phi) is 4.05. The van der Waals surface area contributed by atoms with Gasteiger partial charge in [-0.2, -0.15) is 0 Å². The SMILES string of the molecule is Cc1ncc(Br)c(=O)n1CC(C)(C)C(=O)NN. The molecular weight excluding hydrogens is 288 g/mol. The van der Waals surface area contributed by atoms with Gasteiger partial charge in [0, 0.05) is 12.7 Å².